The summed E-state index contributed by atoms with van der Waals surface area (Å²) in [6.45, 7) is 0. The molecule has 1 heterocycles. The van der Waals surface area contributed by atoms with Gasteiger partial charge in [-0.1, -0.05) is 11.6 Å². The highest BCUT2D eigenvalue weighted by atomic mass is 35.5. The van der Waals surface area contributed by atoms with Gasteiger partial charge in [-0.3, -0.25) is 19.3 Å². The van der Waals surface area contributed by atoms with Gasteiger partial charge in [0.05, 0.1) is 17.8 Å². The van der Waals surface area contributed by atoms with E-state index in [4.69, 9.17) is 17.3 Å². The molecule has 0 aliphatic heterocycles. The largest absolute Gasteiger partial charge is 0.508 e. The molecule has 32 heavy (non-hydrogen) atoms. The summed E-state index contributed by atoms with van der Waals surface area (Å²) in [6.07, 6.45) is 1.12. The van der Waals surface area contributed by atoms with Gasteiger partial charge >= 0.3 is 0 Å². The van der Waals surface area contributed by atoms with Crippen molar-refractivity contribution in [3.63, 3.8) is 0 Å². The number of likely N-dealkylation sites (N-methyl/N-ethyl adjacent to an activating group) is 1. The van der Waals surface area contributed by atoms with Gasteiger partial charge in [0.1, 0.15) is 28.0 Å². The van der Waals surface area contributed by atoms with Gasteiger partial charge in [-0.25, -0.2) is 4.98 Å². The fourth-order valence-electron chi connectivity index (χ4n) is 5.10. The molecule has 3 aliphatic carbocycles. The summed E-state index contributed by atoms with van der Waals surface area (Å²) in [5.41, 5.74) is 1.76. The van der Waals surface area contributed by atoms with E-state index >= 15 is 0 Å². The van der Waals surface area contributed by atoms with Crippen LogP contribution in [-0.4, -0.2) is 73.5 Å². The minimum atomic E-state index is -2.66. The topological polar surface area (TPSA) is 174 Å². The summed E-state index contributed by atoms with van der Waals surface area (Å²) in [7, 11) is 3.07. The quantitative estimate of drug-likeness (QED) is 0.293. The van der Waals surface area contributed by atoms with Crippen molar-refractivity contribution in [2.45, 2.75) is 24.5 Å². The van der Waals surface area contributed by atoms with Gasteiger partial charge in [-0.15, -0.1) is 12.4 Å². The maximum absolute atomic E-state index is 13.5. The number of aliphatic hydroxyl groups excluding tert-OH is 2. The Hall–Kier alpha value is -2.66. The van der Waals surface area contributed by atoms with Crippen LogP contribution in [0.4, 0.5) is 0 Å². The van der Waals surface area contributed by atoms with E-state index in [0.29, 0.717) is 5.56 Å². The minimum absolute atomic E-state index is 0. The summed E-state index contributed by atoms with van der Waals surface area (Å²) >= 11 is 6.14. The van der Waals surface area contributed by atoms with Crippen molar-refractivity contribution in [1.82, 2.24) is 9.88 Å². The number of rotatable bonds is 2. The number of aromatic hydroxyl groups is 1. The molecule has 1 saturated carbocycles. The number of carbonyl (C=O) groups excluding carboxylic acids is 3. The molecule has 4 rings (SSSR count). The number of pyridine rings is 1. The molecule has 0 bridgehead atoms. The minimum Gasteiger partial charge on any atom is -0.508 e. The van der Waals surface area contributed by atoms with Crippen molar-refractivity contribution in [2.75, 3.05) is 14.1 Å². The number of nitrogens with zero attached hydrogens (tertiary/aromatic N) is 2. The summed E-state index contributed by atoms with van der Waals surface area (Å²) < 4.78 is 0. The van der Waals surface area contributed by atoms with Crippen molar-refractivity contribution in [3.8, 4) is 5.75 Å². The number of aromatic nitrogens is 1. The number of aliphatic hydroxyl groups is 3. The van der Waals surface area contributed by atoms with Gasteiger partial charge in [0.15, 0.2) is 11.4 Å². The summed E-state index contributed by atoms with van der Waals surface area (Å²) in [5.74, 6) is -7.09. The first-order chi connectivity index (χ1) is 14.4. The molecule has 172 valence electrons. The van der Waals surface area contributed by atoms with Crippen LogP contribution in [-0.2, 0) is 20.8 Å². The molecule has 1 aromatic rings. The Balaban J connectivity index is 0.00000289. The third kappa shape index (κ3) is 2.94. The molecule has 3 aliphatic rings. The third-order valence-electron chi connectivity index (χ3n) is 6.42. The lowest BCUT2D eigenvalue weighted by Crippen LogP contribution is -2.65. The number of hydrogen-bond donors (Lipinski definition) is 5. The molecule has 6 N–H and O–H groups in total. The predicted molar refractivity (Wildman–Crippen MR) is 114 cm³/mol. The summed E-state index contributed by atoms with van der Waals surface area (Å²) in [6, 6.07) is -1.13. The van der Waals surface area contributed by atoms with Crippen molar-refractivity contribution in [3.05, 3.63) is 39.4 Å². The smallest absolute Gasteiger partial charge is 0.255 e. The van der Waals surface area contributed by atoms with Crippen LogP contribution >= 0.6 is 24.0 Å². The molecule has 0 aromatic carbocycles. The highest BCUT2D eigenvalue weighted by Gasteiger charge is 2.64. The Kier molecular flexibility index (Phi) is 5.80. The molecule has 12 heteroatoms. The van der Waals surface area contributed by atoms with E-state index in [9.17, 15) is 34.8 Å². The molecule has 4 atom stereocenters. The first kappa shape index (κ1) is 24.0. The van der Waals surface area contributed by atoms with Gasteiger partial charge in [0.25, 0.3) is 5.91 Å². The Morgan fingerprint density at radius 3 is 2.47 bits per heavy atom. The number of Topliss-reactive ketones (excluding diaryl/α,β-unsaturated/α-hetero) is 2. The average molecular weight is 486 g/mol. The van der Waals surface area contributed by atoms with Crippen LogP contribution in [0.25, 0.3) is 5.76 Å². The third-order valence-corrected chi connectivity index (χ3v) is 6.75. The van der Waals surface area contributed by atoms with Crippen molar-refractivity contribution in [2.24, 2.45) is 17.6 Å². The zero-order valence-corrected chi connectivity index (χ0v) is 18.6. The van der Waals surface area contributed by atoms with Crippen molar-refractivity contribution in [1.29, 1.82) is 0 Å². The highest BCUT2D eigenvalue weighted by molar-refractivity contribution is 6.30. The molecule has 10 nitrogen and oxygen atoms in total. The average Bonchev–Trinajstić information content (AvgIpc) is 2.67. The Morgan fingerprint density at radius 2 is 1.91 bits per heavy atom. The second-order valence-electron chi connectivity index (χ2n) is 8.25. The summed E-state index contributed by atoms with van der Waals surface area (Å²) in [4.78, 5) is 43.6. The van der Waals surface area contributed by atoms with E-state index in [0.717, 1.165) is 6.20 Å². The Bertz CT molecular complexity index is 1130. The van der Waals surface area contributed by atoms with Gasteiger partial charge < -0.3 is 26.2 Å². The molecule has 1 aromatic heterocycles. The summed E-state index contributed by atoms with van der Waals surface area (Å²) in [5, 5.41) is 43.2. The van der Waals surface area contributed by atoms with Crippen LogP contribution in [0.1, 0.15) is 17.5 Å². The lowest BCUT2D eigenvalue weighted by molar-refractivity contribution is -0.153. The van der Waals surface area contributed by atoms with E-state index < -0.39 is 63.8 Å². The van der Waals surface area contributed by atoms with Crippen molar-refractivity contribution >= 4 is 47.2 Å². The molecular weight excluding hydrogens is 465 g/mol. The molecule has 1 amide bonds. The molecule has 1 fully saturated rings. The highest BCUT2D eigenvalue weighted by Crippen LogP contribution is 2.52. The number of halogens is 2. The van der Waals surface area contributed by atoms with Gasteiger partial charge in [0, 0.05) is 17.1 Å². The first-order valence-corrected chi connectivity index (χ1v) is 9.81. The maximum Gasteiger partial charge on any atom is 0.255 e. The fourth-order valence-corrected chi connectivity index (χ4v) is 5.32. The molecule has 0 spiro atoms. The van der Waals surface area contributed by atoms with Crippen LogP contribution in [0.15, 0.2) is 23.1 Å². The van der Waals surface area contributed by atoms with E-state index in [2.05, 4.69) is 4.98 Å². The molecule has 0 radical (unpaired) electrons. The number of nitrogens with two attached hydrogens (primary N) is 1. The normalized spacial score (nSPS) is 29.3. The molecule has 0 unspecified atom stereocenters. The first-order valence-electron chi connectivity index (χ1n) is 9.44. The standard InChI is InChI=1S/C20H20ClN3O7.ClH/c1-24(2)13-8-4-6-3-7-11(9(25)5-23-18(7)21)14(26)10(6)16(28)20(8,31)17(29)12(15(13)27)19(22)30;/h5-6,8,13,25-26,29,31H,3-4H2,1-2H3,(H2,22,30);1H/t6-,8-,13-,20-;/m0./s1. The van der Waals surface area contributed by atoms with E-state index in [1.807, 2.05) is 0 Å². The van der Waals surface area contributed by atoms with Gasteiger partial charge in [-0.2, -0.15) is 0 Å². The van der Waals surface area contributed by atoms with Gasteiger partial charge in [0.2, 0.25) is 5.78 Å². The van der Waals surface area contributed by atoms with Crippen LogP contribution in [0.5, 0.6) is 5.75 Å². The van der Waals surface area contributed by atoms with E-state index in [1.165, 1.54) is 19.0 Å². The SMILES string of the molecule is CN(C)[C@@H]1C(=O)C(C(N)=O)=C(O)[C@@]2(O)C(=O)C3=C(O)c4c(O)cnc(Cl)c4C[C@H]3C[C@@H]12.Cl. The van der Waals surface area contributed by atoms with Crippen molar-refractivity contribution < 1.29 is 34.8 Å². The number of fused-ring (bicyclic) bond motifs is 3. The molecular formula is C20H21Cl2N3O7. The van der Waals surface area contributed by atoms with Crippen LogP contribution in [0, 0.1) is 11.8 Å². The zero-order chi connectivity index (χ0) is 23.0. The van der Waals surface area contributed by atoms with E-state index in [-0.39, 0.29) is 41.5 Å². The second-order valence-corrected chi connectivity index (χ2v) is 8.61. The zero-order valence-electron chi connectivity index (χ0n) is 17.0. The number of primary amides is 1. The maximum atomic E-state index is 13.5. The predicted octanol–water partition coefficient (Wildman–Crippen LogP) is 0.434. The lowest BCUT2D eigenvalue weighted by Gasteiger charge is -2.50. The second kappa shape index (κ2) is 7.73. The Labute approximate surface area is 193 Å². The Morgan fingerprint density at radius 1 is 1.28 bits per heavy atom. The van der Waals surface area contributed by atoms with Crippen LogP contribution in [0.3, 0.4) is 0 Å². The number of ketones is 2. The van der Waals surface area contributed by atoms with E-state index in [1.54, 1.807) is 0 Å². The van der Waals surface area contributed by atoms with Crippen LogP contribution in [0.2, 0.25) is 5.15 Å². The van der Waals surface area contributed by atoms with Crippen LogP contribution < -0.4 is 5.73 Å². The number of hydrogen-bond acceptors (Lipinski definition) is 9. The fraction of sp³-hybridized carbons (Fsp3) is 0.400. The number of amides is 1. The lowest BCUT2D eigenvalue weighted by atomic mass is 9.57. The monoisotopic (exact) mass is 485 g/mol. The van der Waals surface area contributed by atoms with Gasteiger partial charge in [-0.05, 0) is 32.9 Å². The molecule has 0 saturated heterocycles. The number of carbonyl (C=O) groups is 3.